The summed E-state index contributed by atoms with van der Waals surface area (Å²) in [5.74, 6) is -0.0597. The van der Waals surface area contributed by atoms with Crippen LogP contribution < -0.4 is 0 Å². The summed E-state index contributed by atoms with van der Waals surface area (Å²) >= 11 is 0. The van der Waals surface area contributed by atoms with Crippen LogP contribution >= 0.6 is 0 Å². The Balaban J connectivity index is 4.05. The van der Waals surface area contributed by atoms with Crippen molar-refractivity contribution in [3.63, 3.8) is 0 Å². The lowest BCUT2D eigenvalue weighted by Crippen LogP contribution is -2.34. The summed E-state index contributed by atoms with van der Waals surface area (Å²) in [5, 5.41) is 9.40. The zero-order valence-electron chi connectivity index (χ0n) is 8.92. The standard InChI is InChI=1S/C10H19NO2/c1-8(2)7-11(5)9(12)6-10(3,4)13/h13H,1,6-7H2,2-5H3. The number of nitrogens with zero attached hydrogens (tertiary/aromatic N) is 1. The number of hydrogen-bond donors (Lipinski definition) is 1. The van der Waals surface area contributed by atoms with Gasteiger partial charge in [-0.1, -0.05) is 12.2 Å². The summed E-state index contributed by atoms with van der Waals surface area (Å²) in [6.07, 6.45) is 0.150. The second kappa shape index (κ2) is 4.42. The van der Waals surface area contributed by atoms with Crippen molar-refractivity contribution < 1.29 is 9.90 Å². The van der Waals surface area contributed by atoms with Gasteiger partial charge in [0.05, 0.1) is 12.0 Å². The SMILES string of the molecule is C=C(C)CN(C)C(=O)CC(C)(C)O. The molecule has 0 heterocycles. The molecule has 0 aromatic heterocycles. The molecule has 0 fully saturated rings. The molecule has 0 spiro atoms. The van der Waals surface area contributed by atoms with Gasteiger partial charge in [0.2, 0.25) is 5.91 Å². The number of amides is 1. The molecular weight excluding hydrogens is 166 g/mol. The van der Waals surface area contributed by atoms with Gasteiger partial charge in [0, 0.05) is 13.6 Å². The molecule has 1 amide bonds. The van der Waals surface area contributed by atoms with Gasteiger partial charge in [0.1, 0.15) is 0 Å². The van der Waals surface area contributed by atoms with E-state index in [0.717, 1.165) is 5.57 Å². The first kappa shape index (κ1) is 12.2. The third-order valence-corrected chi connectivity index (χ3v) is 1.52. The van der Waals surface area contributed by atoms with Gasteiger partial charge in [-0.2, -0.15) is 0 Å². The van der Waals surface area contributed by atoms with Crippen molar-refractivity contribution in [3.8, 4) is 0 Å². The minimum Gasteiger partial charge on any atom is -0.390 e. The van der Waals surface area contributed by atoms with E-state index in [2.05, 4.69) is 6.58 Å². The van der Waals surface area contributed by atoms with Crippen LogP contribution in [0.2, 0.25) is 0 Å². The molecule has 3 nitrogen and oxygen atoms in total. The fraction of sp³-hybridized carbons (Fsp3) is 0.700. The highest BCUT2D eigenvalue weighted by Crippen LogP contribution is 2.09. The van der Waals surface area contributed by atoms with Gasteiger partial charge in [0.25, 0.3) is 0 Å². The zero-order valence-corrected chi connectivity index (χ0v) is 8.92. The summed E-state index contributed by atoms with van der Waals surface area (Å²) in [5.41, 5.74) is 0.00652. The van der Waals surface area contributed by atoms with Gasteiger partial charge in [-0.3, -0.25) is 4.79 Å². The Morgan fingerprint density at radius 2 is 2.00 bits per heavy atom. The Morgan fingerprint density at radius 1 is 1.54 bits per heavy atom. The molecule has 0 aromatic carbocycles. The van der Waals surface area contributed by atoms with E-state index < -0.39 is 5.60 Å². The topological polar surface area (TPSA) is 40.5 Å². The highest BCUT2D eigenvalue weighted by Gasteiger charge is 2.20. The number of likely N-dealkylation sites (N-methyl/N-ethyl adjacent to an activating group) is 1. The number of hydrogen-bond acceptors (Lipinski definition) is 2. The Labute approximate surface area is 80.0 Å². The first-order valence-electron chi connectivity index (χ1n) is 4.33. The van der Waals surface area contributed by atoms with Crippen molar-refractivity contribution in [2.24, 2.45) is 0 Å². The lowest BCUT2D eigenvalue weighted by atomic mass is 10.0. The summed E-state index contributed by atoms with van der Waals surface area (Å²) in [6.45, 7) is 9.39. The minimum absolute atomic E-state index is 0.0597. The summed E-state index contributed by atoms with van der Waals surface area (Å²) in [4.78, 5) is 13.0. The normalized spacial score (nSPS) is 11.2. The molecule has 0 saturated carbocycles. The smallest absolute Gasteiger partial charge is 0.225 e. The molecule has 0 saturated heterocycles. The van der Waals surface area contributed by atoms with Crippen LogP contribution in [0.1, 0.15) is 27.2 Å². The first-order chi connectivity index (χ1) is 5.72. The summed E-state index contributed by atoms with van der Waals surface area (Å²) in [6, 6.07) is 0. The largest absolute Gasteiger partial charge is 0.390 e. The first-order valence-corrected chi connectivity index (χ1v) is 4.33. The monoisotopic (exact) mass is 185 g/mol. The van der Waals surface area contributed by atoms with Crippen molar-refractivity contribution in [2.45, 2.75) is 32.8 Å². The quantitative estimate of drug-likeness (QED) is 0.668. The Hall–Kier alpha value is -0.830. The van der Waals surface area contributed by atoms with E-state index in [1.807, 2.05) is 6.92 Å². The maximum Gasteiger partial charge on any atom is 0.225 e. The van der Waals surface area contributed by atoms with Crippen molar-refractivity contribution >= 4 is 5.91 Å². The molecule has 0 bridgehead atoms. The molecular formula is C10H19NO2. The second-order valence-corrected chi connectivity index (χ2v) is 4.20. The molecule has 13 heavy (non-hydrogen) atoms. The number of rotatable bonds is 4. The third kappa shape index (κ3) is 6.34. The third-order valence-electron chi connectivity index (χ3n) is 1.52. The maximum absolute atomic E-state index is 11.4. The van der Waals surface area contributed by atoms with Gasteiger partial charge in [-0.05, 0) is 20.8 Å². The van der Waals surface area contributed by atoms with Crippen LogP contribution in [-0.4, -0.2) is 35.1 Å². The number of carbonyl (C=O) groups excluding carboxylic acids is 1. The molecule has 3 heteroatoms. The summed E-state index contributed by atoms with van der Waals surface area (Å²) in [7, 11) is 1.71. The molecule has 76 valence electrons. The molecule has 0 aliphatic heterocycles. The van der Waals surface area contributed by atoms with Gasteiger partial charge < -0.3 is 10.0 Å². The van der Waals surface area contributed by atoms with Crippen molar-refractivity contribution in [2.75, 3.05) is 13.6 Å². The molecule has 0 rings (SSSR count). The lowest BCUT2D eigenvalue weighted by Gasteiger charge is -2.22. The van der Waals surface area contributed by atoms with E-state index in [1.165, 1.54) is 0 Å². The Morgan fingerprint density at radius 3 is 2.31 bits per heavy atom. The van der Waals surface area contributed by atoms with Crippen LogP contribution in [0, 0.1) is 0 Å². The summed E-state index contributed by atoms with van der Waals surface area (Å²) < 4.78 is 0. The van der Waals surface area contributed by atoms with E-state index in [1.54, 1.807) is 25.8 Å². The molecule has 0 atom stereocenters. The van der Waals surface area contributed by atoms with Crippen LogP contribution in [0.3, 0.4) is 0 Å². The van der Waals surface area contributed by atoms with E-state index in [-0.39, 0.29) is 12.3 Å². The van der Waals surface area contributed by atoms with Crippen LogP contribution in [-0.2, 0) is 4.79 Å². The second-order valence-electron chi connectivity index (χ2n) is 4.20. The Bertz CT molecular complexity index is 203. The predicted octanol–water partition coefficient (Wildman–Crippen LogP) is 1.18. The van der Waals surface area contributed by atoms with Gasteiger partial charge >= 0.3 is 0 Å². The highest BCUT2D eigenvalue weighted by molar-refractivity contribution is 5.77. The molecule has 0 aromatic rings. The lowest BCUT2D eigenvalue weighted by molar-refractivity contribution is -0.133. The highest BCUT2D eigenvalue weighted by atomic mass is 16.3. The van der Waals surface area contributed by atoms with E-state index >= 15 is 0 Å². The van der Waals surface area contributed by atoms with Gasteiger partial charge in [0.15, 0.2) is 0 Å². The predicted molar refractivity (Wildman–Crippen MR) is 53.4 cm³/mol. The average Bonchev–Trinajstić information content (AvgIpc) is 1.81. The average molecular weight is 185 g/mol. The van der Waals surface area contributed by atoms with Crippen LogP contribution in [0.25, 0.3) is 0 Å². The Kier molecular flexibility index (Phi) is 4.14. The fourth-order valence-electron chi connectivity index (χ4n) is 0.998. The maximum atomic E-state index is 11.4. The van der Waals surface area contributed by atoms with Gasteiger partial charge in [-0.25, -0.2) is 0 Å². The van der Waals surface area contributed by atoms with E-state index in [9.17, 15) is 9.90 Å². The fourth-order valence-corrected chi connectivity index (χ4v) is 0.998. The molecule has 0 aliphatic carbocycles. The molecule has 0 radical (unpaired) electrons. The van der Waals surface area contributed by atoms with Gasteiger partial charge in [-0.15, -0.1) is 0 Å². The van der Waals surface area contributed by atoms with Crippen LogP contribution in [0.15, 0.2) is 12.2 Å². The number of carbonyl (C=O) groups is 1. The van der Waals surface area contributed by atoms with Crippen LogP contribution in [0.4, 0.5) is 0 Å². The molecule has 0 unspecified atom stereocenters. The zero-order chi connectivity index (χ0) is 10.6. The molecule has 1 N–H and O–H groups in total. The van der Waals surface area contributed by atoms with E-state index in [4.69, 9.17) is 0 Å². The van der Waals surface area contributed by atoms with Crippen molar-refractivity contribution in [1.29, 1.82) is 0 Å². The molecule has 0 aliphatic rings. The number of aliphatic hydroxyl groups is 1. The van der Waals surface area contributed by atoms with E-state index in [0.29, 0.717) is 6.54 Å². The van der Waals surface area contributed by atoms with Crippen molar-refractivity contribution in [3.05, 3.63) is 12.2 Å². The van der Waals surface area contributed by atoms with Crippen LogP contribution in [0.5, 0.6) is 0 Å². The minimum atomic E-state index is -0.930. The van der Waals surface area contributed by atoms with Crippen molar-refractivity contribution in [1.82, 2.24) is 4.90 Å².